The highest BCUT2D eigenvalue weighted by Gasteiger charge is 2.54. The van der Waals surface area contributed by atoms with E-state index < -0.39 is 11.8 Å². The van der Waals surface area contributed by atoms with E-state index in [4.69, 9.17) is 23.2 Å². The maximum atomic E-state index is 12.7. The Kier molecular flexibility index (Phi) is 4.49. The fourth-order valence-corrected chi connectivity index (χ4v) is 2.73. The number of aliphatic hydroxyl groups is 1. The van der Waals surface area contributed by atoms with Crippen LogP contribution in [0.25, 0.3) is 0 Å². The van der Waals surface area contributed by atoms with E-state index in [-0.39, 0.29) is 36.2 Å². The van der Waals surface area contributed by atoms with Crippen LogP contribution >= 0.6 is 23.2 Å². The zero-order valence-corrected chi connectivity index (χ0v) is 11.9. The Morgan fingerprint density at radius 3 is 2.15 bits per heavy atom. The Morgan fingerprint density at radius 2 is 1.70 bits per heavy atom. The predicted molar refractivity (Wildman–Crippen MR) is 69.8 cm³/mol. The highest BCUT2D eigenvalue weighted by Crippen LogP contribution is 2.38. The van der Waals surface area contributed by atoms with Crippen LogP contribution in [0.15, 0.2) is 12.1 Å². The average Bonchev–Trinajstić information content (AvgIpc) is 2.29. The molecule has 1 saturated heterocycles. The molecule has 112 valence electrons. The summed E-state index contributed by atoms with van der Waals surface area (Å²) in [6.07, 6.45) is -5.24. The van der Waals surface area contributed by atoms with E-state index in [2.05, 4.69) is 4.98 Å². The molecule has 1 fully saturated rings. The molecule has 0 radical (unpaired) electrons. The van der Waals surface area contributed by atoms with Crippen LogP contribution in [0.1, 0.15) is 18.4 Å². The Bertz CT molecular complexity index is 468. The average molecular weight is 329 g/mol. The number of rotatable bonds is 2. The molecule has 1 aliphatic heterocycles. The summed E-state index contributed by atoms with van der Waals surface area (Å²) in [5.74, 6) is 0. The van der Waals surface area contributed by atoms with E-state index in [1.165, 1.54) is 0 Å². The maximum absolute atomic E-state index is 12.7. The van der Waals surface area contributed by atoms with Gasteiger partial charge in [0.15, 0.2) is 5.60 Å². The van der Waals surface area contributed by atoms with Crippen LogP contribution in [0.3, 0.4) is 0 Å². The molecule has 0 aromatic carbocycles. The summed E-state index contributed by atoms with van der Waals surface area (Å²) in [6.45, 7) is 0.747. The van der Waals surface area contributed by atoms with Crippen LogP contribution in [0.5, 0.6) is 0 Å². The number of likely N-dealkylation sites (tertiary alicyclic amines) is 1. The van der Waals surface area contributed by atoms with Crippen molar-refractivity contribution in [3.8, 4) is 0 Å². The maximum Gasteiger partial charge on any atom is 0.417 e. The summed E-state index contributed by atoms with van der Waals surface area (Å²) < 4.78 is 38.0. The molecule has 0 bridgehead atoms. The van der Waals surface area contributed by atoms with Crippen molar-refractivity contribution in [1.82, 2.24) is 9.88 Å². The van der Waals surface area contributed by atoms with Gasteiger partial charge in [0.1, 0.15) is 10.3 Å². The number of hydrogen-bond acceptors (Lipinski definition) is 3. The zero-order valence-electron chi connectivity index (χ0n) is 10.4. The minimum atomic E-state index is -4.58. The molecule has 20 heavy (non-hydrogen) atoms. The molecule has 0 amide bonds. The Labute approximate surface area is 124 Å². The molecule has 1 N–H and O–H groups in total. The zero-order chi connectivity index (χ0) is 15.0. The van der Waals surface area contributed by atoms with Crippen LogP contribution in [0.2, 0.25) is 10.3 Å². The van der Waals surface area contributed by atoms with E-state index in [1.807, 2.05) is 4.90 Å². The van der Waals surface area contributed by atoms with Crippen LogP contribution < -0.4 is 0 Å². The van der Waals surface area contributed by atoms with E-state index in [0.717, 1.165) is 5.56 Å². The first-order valence-electron chi connectivity index (χ1n) is 6.03. The van der Waals surface area contributed by atoms with Gasteiger partial charge in [-0.15, -0.1) is 0 Å². The van der Waals surface area contributed by atoms with Crippen LogP contribution in [0.4, 0.5) is 13.2 Å². The van der Waals surface area contributed by atoms with Crippen molar-refractivity contribution in [2.75, 3.05) is 13.1 Å². The summed E-state index contributed by atoms with van der Waals surface area (Å²) in [6, 6.07) is 3.25. The van der Waals surface area contributed by atoms with Crippen molar-refractivity contribution in [3.05, 3.63) is 28.0 Å². The standard InChI is InChI=1S/C12H13Cl2F3N2O/c13-9-5-8(6-10(14)18-9)7-19-3-1-11(20,2-4-19)12(15,16)17/h5-6,20H,1-4,7H2. The van der Waals surface area contributed by atoms with E-state index in [9.17, 15) is 18.3 Å². The first-order chi connectivity index (χ1) is 9.19. The summed E-state index contributed by atoms with van der Waals surface area (Å²) in [5.41, 5.74) is -1.79. The van der Waals surface area contributed by atoms with Gasteiger partial charge in [0.25, 0.3) is 0 Å². The molecule has 0 aliphatic carbocycles. The van der Waals surface area contributed by atoms with Crippen molar-refractivity contribution in [3.63, 3.8) is 0 Å². The molecular formula is C12H13Cl2F3N2O. The first kappa shape index (κ1) is 15.8. The van der Waals surface area contributed by atoms with E-state index in [1.54, 1.807) is 12.1 Å². The van der Waals surface area contributed by atoms with Gasteiger partial charge < -0.3 is 5.11 Å². The molecule has 2 heterocycles. The minimum Gasteiger partial charge on any atom is -0.380 e. The molecule has 3 nitrogen and oxygen atoms in total. The predicted octanol–water partition coefficient (Wildman–Crippen LogP) is 3.28. The van der Waals surface area contributed by atoms with Gasteiger partial charge in [0.05, 0.1) is 0 Å². The normalized spacial score (nSPS) is 20.1. The lowest BCUT2D eigenvalue weighted by atomic mass is 9.90. The second-order valence-corrected chi connectivity index (χ2v) is 5.70. The quantitative estimate of drug-likeness (QED) is 0.846. The van der Waals surface area contributed by atoms with Gasteiger partial charge >= 0.3 is 6.18 Å². The monoisotopic (exact) mass is 328 g/mol. The fourth-order valence-electron chi connectivity index (χ4n) is 2.23. The lowest BCUT2D eigenvalue weighted by Gasteiger charge is -2.39. The lowest BCUT2D eigenvalue weighted by Crippen LogP contribution is -2.53. The molecule has 0 saturated carbocycles. The highest BCUT2D eigenvalue weighted by atomic mass is 35.5. The number of halogens is 5. The summed E-state index contributed by atoms with van der Waals surface area (Å²) in [5, 5.41) is 10.1. The van der Waals surface area contributed by atoms with Crippen molar-refractivity contribution >= 4 is 23.2 Å². The second-order valence-electron chi connectivity index (χ2n) is 4.93. The van der Waals surface area contributed by atoms with Gasteiger partial charge in [-0.05, 0) is 30.5 Å². The summed E-state index contributed by atoms with van der Waals surface area (Å²) in [4.78, 5) is 5.63. The number of aromatic nitrogens is 1. The van der Waals surface area contributed by atoms with Crippen LogP contribution in [-0.4, -0.2) is 39.9 Å². The summed E-state index contributed by atoms with van der Waals surface area (Å²) >= 11 is 11.5. The number of hydrogen-bond donors (Lipinski definition) is 1. The Balaban J connectivity index is 1.98. The lowest BCUT2D eigenvalue weighted by molar-refractivity contribution is -0.272. The number of nitrogens with zero attached hydrogens (tertiary/aromatic N) is 2. The fraction of sp³-hybridized carbons (Fsp3) is 0.583. The Morgan fingerprint density at radius 1 is 1.20 bits per heavy atom. The topological polar surface area (TPSA) is 36.4 Å². The third-order valence-electron chi connectivity index (χ3n) is 3.44. The second kappa shape index (κ2) is 5.67. The molecule has 1 aromatic rings. The Hall–Kier alpha value is -0.560. The van der Waals surface area contributed by atoms with E-state index >= 15 is 0 Å². The van der Waals surface area contributed by atoms with Gasteiger partial charge in [0.2, 0.25) is 0 Å². The van der Waals surface area contributed by atoms with Crippen LogP contribution in [-0.2, 0) is 6.54 Å². The van der Waals surface area contributed by atoms with Crippen LogP contribution in [0, 0.1) is 0 Å². The SMILES string of the molecule is OC1(C(F)(F)F)CCN(Cc2cc(Cl)nc(Cl)c2)CC1. The molecule has 0 unspecified atom stereocenters. The highest BCUT2D eigenvalue weighted by molar-refractivity contribution is 6.32. The van der Waals surface area contributed by atoms with E-state index in [0.29, 0.717) is 6.54 Å². The minimum absolute atomic E-state index is 0.160. The molecular weight excluding hydrogens is 316 g/mol. The largest absolute Gasteiger partial charge is 0.417 e. The number of alkyl halides is 3. The molecule has 8 heteroatoms. The molecule has 0 spiro atoms. The van der Waals surface area contributed by atoms with Crippen molar-refractivity contribution in [2.45, 2.75) is 31.2 Å². The molecule has 2 rings (SSSR count). The first-order valence-corrected chi connectivity index (χ1v) is 6.79. The molecule has 1 aliphatic rings. The molecule has 1 aromatic heterocycles. The smallest absolute Gasteiger partial charge is 0.380 e. The summed E-state index contributed by atoms with van der Waals surface area (Å²) in [7, 11) is 0. The third kappa shape index (κ3) is 3.55. The van der Waals surface area contributed by atoms with Crippen molar-refractivity contribution < 1.29 is 18.3 Å². The number of pyridine rings is 1. The van der Waals surface area contributed by atoms with Gasteiger partial charge in [-0.1, -0.05) is 23.2 Å². The van der Waals surface area contributed by atoms with Gasteiger partial charge in [0, 0.05) is 19.6 Å². The third-order valence-corrected chi connectivity index (χ3v) is 3.83. The van der Waals surface area contributed by atoms with Crippen molar-refractivity contribution in [2.24, 2.45) is 0 Å². The number of piperidine rings is 1. The van der Waals surface area contributed by atoms with Gasteiger partial charge in [-0.2, -0.15) is 13.2 Å². The molecule has 0 atom stereocenters. The van der Waals surface area contributed by atoms with Crippen molar-refractivity contribution in [1.29, 1.82) is 0 Å². The van der Waals surface area contributed by atoms with Gasteiger partial charge in [-0.25, -0.2) is 4.98 Å². The van der Waals surface area contributed by atoms with Gasteiger partial charge in [-0.3, -0.25) is 4.90 Å².